The van der Waals surface area contributed by atoms with Crippen LogP contribution in [-0.4, -0.2) is 68.1 Å². The summed E-state index contributed by atoms with van der Waals surface area (Å²) in [5.41, 5.74) is 0.365. The van der Waals surface area contributed by atoms with Crippen LogP contribution in [0.4, 0.5) is 0 Å². The number of sulfonamides is 1. The third-order valence-electron chi connectivity index (χ3n) is 4.39. The van der Waals surface area contributed by atoms with E-state index in [0.29, 0.717) is 37.8 Å². The van der Waals surface area contributed by atoms with Crippen molar-refractivity contribution in [1.82, 2.24) is 14.4 Å². The zero-order valence-electron chi connectivity index (χ0n) is 13.3. The molecule has 3 heterocycles. The van der Waals surface area contributed by atoms with Crippen LogP contribution in [0.2, 0.25) is 0 Å². The molecule has 1 aromatic rings. The molecule has 9 heteroatoms. The Hall–Kier alpha value is -1.45. The van der Waals surface area contributed by atoms with Crippen molar-refractivity contribution < 1.29 is 22.5 Å². The first-order valence-electron chi connectivity index (χ1n) is 7.71. The molecule has 128 valence electrons. The van der Waals surface area contributed by atoms with E-state index in [2.05, 4.69) is 5.16 Å². The van der Waals surface area contributed by atoms with Gasteiger partial charge in [0.25, 0.3) is 0 Å². The third-order valence-corrected chi connectivity index (χ3v) is 6.54. The Balaban J connectivity index is 1.68. The van der Waals surface area contributed by atoms with Gasteiger partial charge in [-0.15, -0.1) is 0 Å². The predicted octanol–water partition coefficient (Wildman–Crippen LogP) is 0.161. The number of aromatic nitrogens is 1. The molecule has 1 amide bonds. The van der Waals surface area contributed by atoms with Gasteiger partial charge in [-0.25, -0.2) is 8.42 Å². The van der Waals surface area contributed by atoms with Gasteiger partial charge in [0.1, 0.15) is 10.6 Å². The first-order valence-corrected chi connectivity index (χ1v) is 9.15. The second-order valence-electron chi connectivity index (χ2n) is 5.94. The lowest BCUT2D eigenvalue weighted by Gasteiger charge is -2.35. The van der Waals surface area contributed by atoms with Crippen LogP contribution in [-0.2, 0) is 19.6 Å². The quantitative estimate of drug-likeness (QED) is 0.776. The molecule has 1 unspecified atom stereocenters. The highest BCUT2D eigenvalue weighted by atomic mass is 32.2. The van der Waals surface area contributed by atoms with Crippen molar-refractivity contribution in [3.8, 4) is 0 Å². The minimum atomic E-state index is -3.63. The van der Waals surface area contributed by atoms with E-state index in [-0.39, 0.29) is 29.8 Å². The van der Waals surface area contributed by atoms with Crippen molar-refractivity contribution in [3.05, 3.63) is 11.5 Å². The zero-order chi connectivity index (χ0) is 16.6. The largest absolute Gasteiger partial charge is 0.381 e. The fourth-order valence-electron chi connectivity index (χ4n) is 3.11. The van der Waals surface area contributed by atoms with Crippen LogP contribution in [0.25, 0.3) is 0 Å². The number of piperazine rings is 1. The van der Waals surface area contributed by atoms with Gasteiger partial charge < -0.3 is 14.2 Å². The molecule has 8 nitrogen and oxygen atoms in total. The van der Waals surface area contributed by atoms with Crippen molar-refractivity contribution in [1.29, 1.82) is 0 Å². The summed E-state index contributed by atoms with van der Waals surface area (Å²) in [6.07, 6.45) is 0.746. The molecule has 2 aliphatic heterocycles. The number of carbonyl (C=O) groups excluding carboxylic acids is 1. The van der Waals surface area contributed by atoms with Gasteiger partial charge in [0, 0.05) is 32.8 Å². The number of hydrogen-bond acceptors (Lipinski definition) is 6. The van der Waals surface area contributed by atoms with Gasteiger partial charge in [-0.1, -0.05) is 5.16 Å². The van der Waals surface area contributed by atoms with Crippen LogP contribution in [0.3, 0.4) is 0 Å². The molecule has 0 radical (unpaired) electrons. The summed E-state index contributed by atoms with van der Waals surface area (Å²) in [5, 5.41) is 3.71. The number of amides is 1. The van der Waals surface area contributed by atoms with Gasteiger partial charge in [0.15, 0.2) is 5.76 Å². The van der Waals surface area contributed by atoms with Gasteiger partial charge in [-0.2, -0.15) is 4.31 Å². The van der Waals surface area contributed by atoms with Gasteiger partial charge in [0.05, 0.1) is 12.5 Å². The van der Waals surface area contributed by atoms with Crippen LogP contribution < -0.4 is 0 Å². The summed E-state index contributed by atoms with van der Waals surface area (Å²) in [5.74, 6) is 0.279. The molecular weight excluding hydrogens is 322 g/mol. The highest BCUT2D eigenvalue weighted by Gasteiger charge is 2.36. The lowest BCUT2D eigenvalue weighted by atomic mass is 10.1. The number of ether oxygens (including phenoxy) is 1. The molecule has 23 heavy (non-hydrogen) atoms. The third kappa shape index (κ3) is 3.00. The second-order valence-corrected chi connectivity index (χ2v) is 7.82. The van der Waals surface area contributed by atoms with E-state index in [9.17, 15) is 13.2 Å². The molecule has 0 spiro atoms. The molecule has 1 atom stereocenters. The SMILES string of the molecule is Cc1noc(C)c1S(=O)(=O)N1CCN(C(=O)C2CCOC2)CC1. The smallest absolute Gasteiger partial charge is 0.248 e. The van der Waals surface area contributed by atoms with E-state index >= 15 is 0 Å². The number of aryl methyl sites for hydroxylation is 2. The Kier molecular flexibility index (Phi) is 4.43. The monoisotopic (exact) mass is 343 g/mol. The van der Waals surface area contributed by atoms with Crippen LogP contribution in [0.15, 0.2) is 9.42 Å². The average Bonchev–Trinajstić information content (AvgIpc) is 3.17. The van der Waals surface area contributed by atoms with Crippen LogP contribution in [0.5, 0.6) is 0 Å². The van der Waals surface area contributed by atoms with Crippen molar-refractivity contribution >= 4 is 15.9 Å². The standard InChI is InChI=1S/C14H21N3O5S/c1-10-13(11(2)22-15-10)23(19,20)17-6-4-16(5-7-17)14(18)12-3-8-21-9-12/h12H,3-9H2,1-2H3. The molecular formula is C14H21N3O5S. The molecule has 0 N–H and O–H groups in total. The normalized spacial score (nSPS) is 23.4. The molecule has 3 rings (SSSR count). The first kappa shape index (κ1) is 16.4. The van der Waals surface area contributed by atoms with E-state index in [4.69, 9.17) is 9.26 Å². The maximum atomic E-state index is 12.7. The average molecular weight is 343 g/mol. The fraction of sp³-hybridized carbons (Fsp3) is 0.714. The molecule has 0 saturated carbocycles. The maximum Gasteiger partial charge on any atom is 0.248 e. The number of nitrogens with zero attached hydrogens (tertiary/aromatic N) is 3. The Labute approximate surface area is 135 Å². The van der Waals surface area contributed by atoms with Crippen LogP contribution in [0.1, 0.15) is 17.9 Å². The zero-order valence-corrected chi connectivity index (χ0v) is 14.1. The fourth-order valence-corrected chi connectivity index (χ4v) is 4.82. The van der Waals surface area contributed by atoms with Gasteiger partial charge in [-0.05, 0) is 20.3 Å². The Morgan fingerprint density at radius 1 is 1.22 bits per heavy atom. The van der Waals surface area contributed by atoms with Gasteiger partial charge in [-0.3, -0.25) is 4.79 Å². The Morgan fingerprint density at radius 2 is 1.91 bits per heavy atom. The highest BCUT2D eigenvalue weighted by molar-refractivity contribution is 7.89. The molecule has 2 aliphatic rings. The molecule has 0 bridgehead atoms. The van der Waals surface area contributed by atoms with Crippen molar-refractivity contribution in [2.45, 2.75) is 25.2 Å². The molecule has 2 fully saturated rings. The van der Waals surface area contributed by atoms with Crippen molar-refractivity contribution in [3.63, 3.8) is 0 Å². The molecule has 0 aromatic carbocycles. The summed E-state index contributed by atoms with van der Waals surface area (Å²) in [7, 11) is -3.63. The second kappa shape index (κ2) is 6.21. The maximum absolute atomic E-state index is 12.7. The predicted molar refractivity (Wildman–Crippen MR) is 80.2 cm³/mol. The number of rotatable bonds is 3. The summed E-state index contributed by atoms with van der Waals surface area (Å²) in [6.45, 7) is 5.66. The van der Waals surface area contributed by atoms with Crippen molar-refractivity contribution in [2.24, 2.45) is 5.92 Å². The van der Waals surface area contributed by atoms with E-state index in [1.807, 2.05) is 0 Å². The van der Waals surface area contributed by atoms with Crippen LogP contribution >= 0.6 is 0 Å². The topological polar surface area (TPSA) is 93.0 Å². The summed E-state index contributed by atoms with van der Waals surface area (Å²) < 4.78 is 37.1. The Bertz CT molecular complexity index is 666. The Morgan fingerprint density at radius 3 is 2.43 bits per heavy atom. The first-order chi connectivity index (χ1) is 10.9. The number of carbonyl (C=O) groups is 1. The minimum absolute atomic E-state index is 0.0666. The highest BCUT2D eigenvalue weighted by Crippen LogP contribution is 2.25. The molecule has 2 saturated heterocycles. The van der Waals surface area contributed by atoms with E-state index in [0.717, 1.165) is 6.42 Å². The van der Waals surface area contributed by atoms with Gasteiger partial charge >= 0.3 is 0 Å². The molecule has 1 aromatic heterocycles. The van der Waals surface area contributed by atoms with E-state index in [1.54, 1.807) is 18.7 Å². The summed E-state index contributed by atoms with van der Waals surface area (Å²) in [4.78, 5) is 14.2. The molecule has 0 aliphatic carbocycles. The van der Waals surface area contributed by atoms with E-state index in [1.165, 1.54) is 4.31 Å². The summed E-state index contributed by atoms with van der Waals surface area (Å²) >= 11 is 0. The van der Waals surface area contributed by atoms with E-state index < -0.39 is 10.0 Å². The summed E-state index contributed by atoms with van der Waals surface area (Å²) in [6, 6.07) is 0. The lowest BCUT2D eigenvalue weighted by Crippen LogP contribution is -2.52. The van der Waals surface area contributed by atoms with Crippen molar-refractivity contribution in [2.75, 3.05) is 39.4 Å². The lowest BCUT2D eigenvalue weighted by molar-refractivity contribution is -0.136. The minimum Gasteiger partial charge on any atom is -0.381 e. The number of hydrogen-bond donors (Lipinski definition) is 0. The van der Waals surface area contributed by atoms with Gasteiger partial charge in [0.2, 0.25) is 15.9 Å². The van der Waals surface area contributed by atoms with Crippen LogP contribution in [0, 0.1) is 19.8 Å².